The molecule has 0 radical (unpaired) electrons. The molecule has 6 nitrogen and oxygen atoms in total. The monoisotopic (exact) mass is 404 g/mol. The third-order valence-electron chi connectivity index (χ3n) is 6.38. The molecule has 6 rings (SSSR count). The lowest BCUT2D eigenvalue weighted by Gasteiger charge is -2.24. The SMILES string of the molecule is Cn1cc(-c2cc(-c3ccc(N4C5CCC4CC5)cn3)c3c(Cl)cnn3c2)cn1. The Kier molecular flexibility index (Phi) is 3.71. The molecule has 7 heteroatoms. The molecule has 2 bridgehead atoms. The number of nitrogens with zero attached hydrogens (tertiary/aromatic N) is 6. The lowest BCUT2D eigenvalue weighted by molar-refractivity contribution is 0.576. The number of aryl methyl sites for hydroxylation is 1. The zero-order chi connectivity index (χ0) is 19.5. The number of anilines is 1. The summed E-state index contributed by atoms with van der Waals surface area (Å²) in [6.45, 7) is 0. The summed E-state index contributed by atoms with van der Waals surface area (Å²) in [6.07, 6.45) is 14.8. The predicted octanol–water partition coefficient (Wildman–Crippen LogP) is 4.58. The van der Waals surface area contributed by atoms with E-state index < -0.39 is 0 Å². The highest BCUT2D eigenvalue weighted by Crippen LogP contribution is 2.41. The number of hydrogen-bond acceptors (Lipinski definition) is 4. The van der Waals surface area contributed by atoms with E-state index in [-0.39, 0.29) is 0 Å². The number of hydrogen-bond donors (Lipinski definition) is 0. The van der Waals surface area contributed by atoms with Crippen molar-refractivity contribution in [3.63, 3.8) is 0 Å². The van der Waals surface area contributed by atoms with Crippen LogP contribution in [-0.4, -0.2) is 36.5 Å². The summed E-state index contributed by atoms with van der Waals surface area (Å²) >= 11 is 6.48. The standard InChI is InChI=1S/C22H21ClN6/c1-27-12-15(9-25-27)14-8-19(22-20(23)11-26-28(22)13-14)21-7-6-18(10-24-21)29-16-2-3-17(29)5-4-16/h6-13,16-17H,2-5H2,1H3. The molecule has 0 N–H and O–H groups in total. The zero-order valence-corrected chi connectivity index (χ0v) is 16.9. The van der Waals surface area contributed by atoms with E-state index in [1.54, 1.807) is 10.9 Å². The van der Waals surface area contributed by atoms with E-state index >= 15 is 0 Å². The third-order valence-corrected chi connectivity index (χ3v) is 6.66. The summed E-state index contributed by atoms with van der Waals surface area (Å²) in [7, 11) is 1.92. The van der Waals surface area contributed by atoms with Gasteiger partial charge in [0.1, 0.15) is 0 Å². The van der Waals surface area contributed by atoms with Crippen molar-refractivity contribution in [2.24, 2.45) is 7.05 Å². The van der Waals surface area contributed by atoms with Gasteiger partial charge >= 0.3 is 0 Å². The van der Waals surface area contributed by atoms with Gasteiger partial charge in [-0.25, -0.2) is 4.52 Å². The maximum Gasteiger partial charge on any atom is 0.0942 e. The van der Waals surface area contributed by atoms with Crippen LogP contribution in [0.25, 0.3) is 27.9 Å². The van der Waals surface area contributed by atoms with E-state index in [0.29, 0.717) is 17.1 Å². The van der Waals surface area contributed by atoms with Crippen molar-refractivity contribution in [2.45, 2.75) is 37.8 Å². The lowest BCUT2D eigenvalue weighted by Crippen LogP contribution is -2.27. The van der Waals surface area contributed by atoms with Crippen molar-refractivity contribution < 1.29 is 0 Å². The Hall–Kier alpha value is -2.86. The molecule has 4 aromatic rings. The van der Waals surface area contributed by atoms with Crippen molar-refractivity contribution >= 4 is 22.8 Å². The second-order valence-electron chi connectivity index (χ2n) is 8.10. The van der Waals surface area contributed by atoms with Crippen LogP contribution < -0.4 is 4.90 Å². The van der Waals surface area contributed by atoms with Crippen molar-refractivity contribution in [1.82, 2.24) is 24.4 Å². The average Bonchev–Trinajstić information content (AvgIpc) is 3.52. The summed E-state index contributed by atoms with van der Waals surface area (Å²) in [5.74, 6) is 0. The molecule has 0 spiro atoms. The van der Waals surface area contributed by atoms with Gasteiger partial charge in [0.15, 0.2) is 0 Å². The van der Waals surface area contributed by atoms with Crippen LogP contribution in [0.2, 0.25) is 5.02 Å². The van der Waals surface area contributed by atoms with Gasteiger partial charge in [0.25, 0.3) is 0 Å². The van der Waals surface area contributed by atoms with E-state index in [0.717, 1.165) is 27.9 Å². The van der Waals surface area contributed by atoms with Crippen LogP contribution in [-0.2, 0) is 7.05 Å². The minimum Gasteiger partial charge on any atom is -0.364 e. The molecule has 2 saturated heterocycles. The molecule has 2 fully saturated rings. The summed E-state index contributed by atoms with van der Waals surface area (Å²) in [5, 5.41) is 9.35. The van der Waals surface area contributed by atoms with Gasteiger partial charge in [0.05, 0.1) is 40.5 Å². The van der Waals surface area contributed by atoms with Crippen molar-refractivity contribution in [1.29, 1.82) is 0 Å². The Morgan fingerprint density at radius 3 is 2.38 bits per heavy atom. The molecular weight excluding hydrogens is 384 g/mol. The second-order valence-corrected chi connectivity index (χ2v) is 8.51. The molecule has 0 amide bonds. The molecule has 2 aliphatic rings. The summed E-state index contributed by atoms with van der Waals surface area (Å²) in [6, 6.07) is 7.83. The molecule has 29 heavy (non-hydrogen) atoms. The van der Waals surface area contributed by atoms with Crippen molar-refractivity contribution in [3.8, 4) is 22.4 Å². The normalized spacial score (nSPS) is 20.8. The number of aromatic nitrogens is 5. The Balaban J connectivity index is 1.45. The maximum absolute atomic E-state index is 6.48. The maximum atomic E-state index is 6.48. The average molecular weight is 405 g/mol. The highest BCUT2D eigenvalue weighted by Gasteiger charge is 2.39. The quantitative estimate of drug-likeness (QED) is 0.501. The van der Waals surface area contributed by atoms with Crippen LogP contribution in [0.1, 0.15) is 25.7 Å². The van der Waals surface area contributed by atoms with Gasteiger partial charge < -0.3 is 4.90 Å². The summed E-state index contributed by atoms with van der Waals surface area (Å²) < 4.78 is 3.63. The van der Waals surface area contributed by atoms with Gasteiger partial charge in [0, 0.05) is 48.2 Å². The molecule has 0 atom stereocenters. The first-order valence-corrected chi connectivity index (χ1v) is 10.5. The molecule has 0 unspecified atom stereocenters. The van der Waals surface area contributed by atoms with Crippen LogP contribution in [0.15, 0.2) is 49.2 Å². The topological polar surface area (TPSA) is 51.2 Å². The van der Waals surface area contributed by atoms with E-state index in [1.807, 2.05) is 36.4 Å². The Labute approximate surface area is 173 Å². The fourth-order valence-corrected chi connectivity index (χ4v) is 5.27. The summed E-state index contributed by atoms with van der Waals surface area (Å²) in [4.78, 5) is 7.41. The van der Waals surface area contributed by atoms with Crippen molar-refractivity contribution in [3.05, 3.63) is 54.2 Å². The molecule has 146 valence electrons. The highest BCUT2D eigenvalue weighted by atomic mass is 35.5. The van der Waals surface area contributed by atoms with Gasteiger partial charge in [0.2, 0.25) is 0 Å². The van der Waals surface area contributed by atoms with Gasteiger partial charge in [-0.2, -0.15) is 10.2 Å². The fourth-order valence-electron chi connectivity index (χ4n) is 5.04. The first-order chi connectivity index (χ1) is 14.2. The van der Waals surface area contributed by atoms with E-state index in [1.165, 1.54) is 31.4 Å². The minimum atomic E-state index is 0.626. The molecule has 0 aliphatic carbocycles. The smallest absolute Gasteiger partial charge is 0.0942 e. The Morgan fingerprint density at radius 2 is 1.72 bits per heavy atom. The van der Waals surface area contributed by atoms with E-state index in [4.69, 9.17) is 16.6 Å². The van der Waals surface area contributed by atoms with Crippen LogP contribution >= 0.6 is 11.6 Å². The predicted molar refractivity (Wildman–Crippen MR) is 114 cm³/mol. The molecular formula is C22H21ClN6. The minimum absolute atomic E-state index is 0.626. The number of pyridine rings is 2. The van der Waals surface area contributed by atoms with Gasteiger partial charge in [-0.05, 0) is 43.9 Å². The van der Waals surface area contributed by atoms with E-state index in [2.05, 4.69) is 33.3 Å². The molecule has 0 aromatic carbocycles. The van der Waals surface area contributed by atoms with Crippen LogP contribution in [0.3, 0.4) is 0 Å². The van der Waals surface area contributed by atoms with E-state index in [9.17, 15) is 0 Å². The number of fused-ring (bicyclic) bond motifs is 3. The molecule has 4 aromatic heterocycles. The van der Waals surface area contributed by atoms with Gasteiger partial charge in [-0.15, -0.1) is 0 Å². The first kappa shape index (κ1) is 17.0. The molecule has 2 aliphatic heterocycles. The third kappa shape index (κ3) is 2.66. The largest absolute Gasteiger partial charge is 0.364 e. The van der Waals surface area contributed by atoms with Crippen molar-refractivity contribution in [2.75, 3.05) is 4.90 Å². The zero-order valence-electron chi connectivity index (χ0n) is 16.2. The number of halogens is 1. The van der Waals surface area contributed by atoms with Gasteiger partial charge in [-0.1, -0.05) is 11.6 Å². The summed E-state index contributed by atoms with van der Waals surface area (Å²) in [5.41, 5.74) is 6.05. The van der Waals surface area contributed by atoms with Crippen LogP contribution in [0, 0.1) is 0 Å². The number of rotatable bonds is 3. The first-order valence-electron chi connectivity index (χ1n) is 10.1. The lowest BCUT2D eigenvalue weighted by atomic mass is 10.0. The molecule has 0 saturated carbocycles. The fraction of sp³-hybridized carbons (Fsp3) is 0.318. The van der Waals surface area contributed by atoms with Gasteiger partial charge in [-0.3, -0.25) is 9.67 Å². The Morgan fingerprint density at radius 1 is 0.931 bits per heavy atom. The van der Waals surface area contributed by atoms with Crippen LogP contribution in [0.5, 0.6) is 0 Å². The second kappa shape index (κ2) is 6.32. The highest BCUT2D eigenvalue weighted by molar-refractivity contribution is 6.34. The van der Waals surface area contributed by atoms with Crippen LogP contribution in [0.4, 0.5) is 5.69 Å². The molecule has 6 heterocycles. The Bertz CT molecular complexity index is 1190.